The Labute approximate surface area is 189 Å². The number of sulfonamides is 1. The molecule has 0 heterocycles. The quantitative estimate of drug-likeness (QED) is 0.304. The molecule has 170 valence electrons. The van der Waals surface area contributed by atoms with Gasteiger partial charge < -0.3 is 10.1 Å². The first-order valence-corrected chi connectivity index (χ1v) is 11.0. The van der Waals surface area contributed by atoms with Gasteiger partial charge in [0, 0.05) is 13.1 Å². The number of nitro benzene ring substituents is 1. The van der Waals surface area contributed by atoms with E-state index < -0.39 is 33.4 Å². The Kier molecular flexibility index (Phi) is 7.04. The molecule has 0 atom stereocenters. The molecule has 3 aromatic carbocycles. The topological polar surface area (TPSA) is 136 Å². The molecule has 0 aliphatic heterocycles. The van der Waals surface area contributed by atoms with Crippen molar-refractivity contribution >= 4 is 39.0 Å². The number of rotatable bonds is 8. The van der Waals surface area contributed by atoms with Crippen molar-refractivity contribution in [3.8, 4) is 0 Å². The Hall–Kier alpha value is -4.25. The number of amides is 1. The number of nitrogens with zero attached hydrogens (tertiary/aromatic N) is 2. The maximum atomic E-state index is 12.8. The Morgan fingerprint density at radius 3 is 2.21 bits per heavy atom. The summed E-state index contributed by atoms with van der Waals surface area (Å²) in [4.78, 5) is 34.6. The third-order valence-electron chi connectivity index (χ3n) is 4.58. The predicted molar refractivity (Wildman–Crippen MR) is 120 cm³/mol. The number of anilines is 2. The number of hydrogen-bond acceptors (Lipinski definition) is 7. The van der Waals surface area contributed by atoms with Gasteiger partial charge in [-0.2, -0.15) is 0 Å². The van der Waals surface area contributed by atoms with Gasteiger partial charge in [-0.15, -0.1) is 0 Å². The van der Waals surface area contributed by atoms with Gasteiger partial charge in [-0.3, -0.25) is 19.2 Å². The van der Waals surface area contributed by atoms with Crippen LogP contribution in [-0.2, 0) is 19.6 Å². The van der Waals surface area contributed by atoms with Gasteiger partial charge in [-0.05, 0) is 42.5 Å². The fourth-order valence-electron chi connectivity index (χ4n) is 2.84. The molecule has 0 saturated heterocycles. The van der Waals surface area contributed by atoms with Crippen molar-refractivity contribution in [2.24, 2.45) is 0 Å². The van der Waals surface area contributed by atoms with E-state index in [1.807, 2.05) is 0 Å². The molecule has 0 bridgehead atoms. The molecular formula is C22H19N3O7S. The van der Waals surface area contributed by atoms with Crippen LogP contribution in [0.4, 0.5) is 17.1 Å². The highest BCUT2D eigenvalue weighted by Crippen LogP contribution is 2.23. The zero-order valence-corrected chi connectivity index (χ0v) is 18.2. The second-order valence-corrected chi connectivity index (χ2v) is 8.70. The van der Waals surface area contributed by atoms with Crippen molar-refractivity contribution in [3.05, 3.63) is 94.5 Å². The SMILES string of the molecule is CN(c1ccccc1)S(=O)(=O)c1ccc(C(=O)OCC(=O)Nc2ccccc2[N+](=O)[O-])cc1. The number of nitro groups is 1. The lowest BCUT2D eigenvalue weighted by molar-refractivity contribution is -0.383. The van der Waals surface area contributed by atoms with Gasteiger partial charge in [0.25, 0.3) is 21.6 Å². The number of nitrogens with one attached hydrogen (secondary N) is 1. The summed E-state index contributed by atoms with van der Waals surface area (Å²) >= 11 is 0. The van der Waals surface area contributed by atoms with E-state index in [4.69, 9.17) is 4.74 Å². The first-order chi connectivity index (χ1) is 15.7. The van der Waals surface area contributed by atoms with Gasteiger partial charge in [0.15, 0.2) is 6.61 Å². The van der Waals surface area contributed by atoms with Crippen LogP contribution in [-0.4, -0.2) is 38.9 Å². The Morgan fingerprint density at radius 1 is 0.970 bits per heavy atom. The van der Waals surface area contributed by atoms with Crippen molar-refractivity contribution in [1.82, 2.24) is 0 Å². The van der Waals surface area contributed by atoms with Crippen LogP contribution in [0.25, 0.3) is 0 Å². The first-order valence-electron chi connectivity index (χ1n) is 9.54. The second kappa shape index (κ2) is 9.92. The molecule has 0 spiro atoms. The van der Waals surface area contributed by atoms with Crippen LogP contribution in [0.2, 0.25) is 0 Å². The normalized spacial score (nSPS) is 10.8. The molecule has 0 radical (unpaired) electrons. The smallest absolute Gasteiger partial charge is 0.338 e. The Balaban J connectivity index is 1.63. The molecule has 3 aromatic rings. The summed E-state index contributed by atoms with van der Waals surface area (Å²) in [6, 6.07) is 19.1. The number of esters is 1. The Morgan fingerprint density at radius 2 is 1.58 bits per heavy atom. The maximum Gasteiger partial charge on any atom is 0.338 e. The minimum Gasteiger partial charge on any atom is -0.452 e. The lowest BCUT2D eigenvalue weighted by Gasteiger charge is -2.19. The number of ether oxygens (including phenoxy) is 1. The van der Waals surface area contributed by atoms with Gasteiger partial charge in [0.2, 0.25) is 0 Å². The molecular weight excluding hydrogens is 450 g/mol. The zero-order chi connectivity index (χ0) is 24.0. The molecule has 3 rings (SSSR count). The number of hydrogen-bond donors (Lipinski definition) is 1. The van der Waals surface area contributed by atoms with E-state index >= 15 is 0 Å². The molecule has 1 amide bonds. The van der Waals surface area contributed by atoms with Gasteiger partial charge in [-0.25, -0.2) is 13.2 Å². The predicted octanol–water partition coefficient (Wildman–Crippen LogP) is 3.22. The van der Waals surface area contributed by atoms with E-state index in [0.29, 0.717) is 5.69 Å². The molecule has 0 fully saturated rings. The van der Waals surface area contributed by atoms with Crippen LogP contribution in [0.3, 0.4) is 0 Å². The monoisotopic (exact) mass is 469 g/mol. The van der Waals surface area contributed by atoms with Crippen molar-refractivity contribution in [3.63, 3.8) is 0 Å². The van der Waals surface area contributed by atoms with E-state index in [2.05, 4.69) is 5.32 Å². The fourth-order valence-corrected chi connectivity index (χ4v) is 4.03. The molecule has 0 aliphatic rings. The lowest BCUT2D eigenvalue weighted by atomic mass is 10.2. The summed E-state index contributed by atoms with van der Waals surface area (Å²) in [5, 5.41) is 13.3. The molecule has 11 heteroatoms. The summed E-state index contributed by atoms with van der Waals surface area (Å²) in [6.45, 7) is -0.679. The third kappa shape index (κ3) is 5.52. The number of carbonyl (C=O) groups is 2. The number of para-hydroxylation sites is 3. The highest BCUT2D eigenvalue weighted by atomic mass is 32.2. The average Bonchev–Trinajstić information content (AvgIpc) is 2.82. The van der Waals surface area contributed by atoms with Crippen LogP contribution in [0.5, 0.6) is 0 Å². The van der Waals surface area contributed by atoms with Gasteiger partial charge in [0.1, 0.15) is 5.69 Å². The van der Waals surface area contributed by atoms with Crippen LogP contribution >= 0.6 is 0 Å². The van der Waals surface area contributed by atoms with E-state index in [0.717, 1.165) is 4.31 Å². The Bertz CT molecular complexity index is 1280. The summed E-state index contributed by atoms with van der Waals surface area (Å²) in [5.74, 6) is -1.62. The molecule has 0 saturated carbocycles. The third-order valence-corrected chi connectivity index (χ3v) is 6.38. The van der Waals surface area contributed by atoms with Gasteiger partial charge in [-0.1, -0.05) is 30.3 Å². The highest BCUT2D eigenvalue weighted by Gasteiger charge is 2.22. The number of carbonyl (C=O) groups excluding carboxylic acids is 2. The lowest BCUT2D eigenvalue weighted by Crippen LogP contribution is -2.26. The molecule has 0 aliphatic carbocycles. The van der Waals surface area contributed by atoms with E-state index in [1.54, 1.807) is 30.3 Å². The molecule has 33 heavy (non-hydrogen) atoms. The van der Waals surface area contributed by atoms with Crippen molar-refractivity contribution in [1.29, 1.82) is 0 Å². The zero-order valence-electron chi connectivity index (χ0n) is 17.4. The van der Waals surface area contributed by atoms with Crippen molar-refractivity contribution < 1.29 is 27.7 Å². The minimum atomic E-state index is -3.84. The van der Waals surface area contributed by atoms with Crippen LogP contribution < -0.4 is 9.62 Å². The highest BCUT2D eigenvalue weighted by molar-refractivity contribution is 7.92. The molecule has 0 aromatic heterocycles. The van der Waals surface area contributed by atoms with Gasteiger partial charge >= 0.3 is 5.97 Å². The second-order valence-electron chi connectivity index (χ2n) is 6.73. The summed E-state index contributed by atoms with van der Waals surface area (Å²) in [6.07, 6.45) is 0. The van der Waals surface area contributed by atoms with E-state index in [-0.39, 0.29) is 21.8 Å². The molecule has 0 unspecified atom stereocenters. The minimum absolute atomic E-state index is 0.0272. The van der Waals surface area contributed by atoms with Crippen LogP contribution in [0.1, 0.15) is 10.4 Å². The van der Waals surface area contributed by atoms with Crippen molar-refractivity contribution in [2.45, 2.75) is 4.90 Å². The fraction of sp³-hybridized carbons (Fsp3) is 0.0909. The van der Waals surface area contributed by atoms with Crippen LogP contribution in [0.15, 0.2) is 83.8 Å². The standard InChI is InChI=1S/C22H19N3O7S/c1-24(17-7-3-2-4-8-17)33(30,31)18-13-11-16(12-14-18)22(27)32-15-21(26)23-19-9-5-6-10-20(19)25(28)29/h2-14H,15H2,1H3,(H,23,26). The summed E-state index contributed by atoms with van der Waals surface area (Å²) in [7, 11) is -2.42. The van der Waals surface area contributed by atoms with Crippen molar-refractivity contribution in [2.75, 3.05) is 23.3 Å². The summed E-state index contributed by atoms with van der Waals surface area (Å²) in [5.41, 5.74) is 0.190. The number of benzene rings is 3. The van der Waals surface area contributed by atoms with Gasteiger partial charge in [0.05, 0.1) is 21.1 Å². The first kappa shape index (κ1) is 23.4. The largest absolute Gasteiger partial charge is 0.452 e. The van der Waals surface area contributed by atoms with Crippen LogP contribution in [0, 0.1) is 10.1 Å². The van der Waals surface area contributed by atoms with E-state index in [9.17, 15) is 28.1 Å². The summed E-state index contributed by atoms with van der Waals surface area (Å²) < 4.78 is 31.6. The maximum absolute atomic E-state index is 12.8. The average molecular weight is 469 g/mol. The molecule has 10 nitrogen and oxygen atoms in total. The van der Waals surface area contributed by atoms with E-state index in [1.165, 1.54) is 55.6 Å². The molecule has 1 N–H and O–H groups in total.